The fourth-order valence-corrected chi connectivity index (χ4v) is 3.23. The summed E-state index contributed by atoms with van der Waals surface area (Å²) in [5, 5.41) is 0. The van der Waals surface area contributed by atoms with Crippen molar-refractivity contribution in [1.29, 1.82) is 0 Å². The van der Waals surface area contributed by atoms with E-state index in [0.29, 0.717) is 0 Å². The largest absolute Gasteiger partial charge is 0.453 e. The second-order valence-electron chi connectivity index (χ2n) is 6.36. The van der Waals surface area contributed by atoms with Crippen molar-refractivity contribution in [2.24, 2.45) is 0 Å². The van der Waals surface area contributed by atoms with Gasteiger partial charge in [0, 0.05) is 0 Å². The number of carbonyl (C=O) groups excluding carboxylic acids is 4. The Balaban J connectivity index is 1.53. The Labute approximate surface area is 168 Å². The number of esters is 4. The SMILES string of the molecule is O=C1OC(=O)c2c(Oc3ccccc3Oc3cccc4c3C(=O)OC4=O)cccc21. The van der Waals surface area contributed by atoms with Crippen molar-refractivity contribution < 1.29 is 38.1 Å². The van der Waals surface area contributed by atoms with Crippen LogP contribution in [0.3, 0.4) is 0 Å². The number of para-hydroxylation sites is 2. The van der Waals surface area contributed by atoms with Gasteiger partial charge in [-0.25, -0.2) is 19.2 Å². The maximum Gasteiger partial charge on any atom is 0.350 e. The number of hydrogen-bond donors (Lipinski definition) is 0. The lowest BCUT2D eigenvalue weighted by Crippen LogP contribution is -2.00. The van der Waals surface area contributed by atoms with Crippen LogP contribution in [0.15, 0.2) is 60.7 Å². The van der Waals surface area contributed by atoms with Gasteiger partial charge in [-0.2, -0.15) is 0 Å². The molecule has 2 heterocycles. The molecule has 0 N–H and O–H groups in total. The van der Waals surface area contributed by atoms with Crippen molar-refractivity contribution in [3.8, 4) is 23.0 Å². The lowest BCUT2D eigenvalue weighted by molar-refractivity contribution is 0.0424. The van der Waals surface area contributed by atoms with Crippen molar-refractivity contribution in [3.05, 3.63) is 82.9 Å². The third-order valence-electron chi connectivity index (χ3n) is 4.56. The van der Waals surface area contributed by atoms with Crippen LogP contribution < -0.4 is 9.47 Å². The molecule has 3 aromatic carbocycles. The molecule has 8 heteroatoms. The minimum atomic E-state index is -0.800. The minimum Gasteiger partial charge on any atom is -0.453 e. The van der Waals surface area contributed by atoms with E-state index in [1.165, 1.54) is 24.3 Å². The van der Waals surface area contributed by atoms with E-state index in [-0.39, 0.29) is 45.3 Å². The molecule has 8 nitrogen and oxygen atoms in total. The zero-order chi connectivity index (χ0) is 20.8. The van der Waals surface area contributed by atoms with E-state index in [1.54, 1.807) is 36.4 Å². The fourth-order valence-electron chi connectivity index (χ4n) is 3.23. The minimum absolute atomic E-state index is 0.0204. The third kappa shape index (κ3) is 2.70. The van der Waals surface area contributed by atoms with E-state index in [9.17, 15) is 19.2 Å². The van der Waals surface area contributed by atoms with Gasteiger partial charge in [-0.3, -0.25) is 0 Å². The first-order valence-corrected chi connectivity index (χ1v) is 8.76. The molecule has 30 heavy (non-hydrogen) atoms. The highest BCUT2D eigenvalue weighted by atomic mass is 16.6. The van der Waals surface area contributed by atoms with Crippen molar-refractivity contribution >= 4 is 23.9 Å². The summed E-state index contributed by atoms with van der Waals surface area (Å²) in [5.74, 6) is -2.42. The maximum absolute atomic E-state index is 12.0. The number of carbonyl (C=O) groups is 4. The number of fused-ring (bicyclic) bond motifs is 2. The second-order valence-corrected chi connectivity index (χ2v) is 6.36. The van der Waals surface area contributed by atoms with E-state index in [1.807, 2.05) is 0 Å². The van der Waals surface area contributed by atoms with Gasteiger partial charge in [0.15, 0.2) is 11.5 Å². The average molecular weight is 402 g/mol. The van der Waals surface area contributed by atoms with Crippen LogP contribution in [0.4, 0.5) is 0 Å². The second kappa shape index (κ2) is 6.56. The molecule has 0 amide bonds. The zero-order valence-electron chi connectivity index (χ0n) is 15.0. The van der Waals surface area contributed by atoms with Gasteiger partial charge < -0.3 is 18.9 Å². The summed E-state index contributed by atoms with van der Waals surface area (Å²) in [6.07, 6.45) is 0. The molecule has 0 radical (unpaired) electrons. The summed E-state index contributed by atoms with van der Waals surface area (Å²) < 4.78 is 21.0. The molecule has 0 aromatic heterocycles. The van der Waals surface area contributed by atoms with Crippen molar-refractivity contribution in [3.63, 3.8) is 0 Å². The van der Waals surface area contributed by atoms with Gasteiger partial charge in [0.25, 0.3) is 0 Å². The first-order valence-electron chi connectivity index (χ1n) is 8.76. The van der Waals surface area contributed by atoms with Crippen LogP contribution in [0.2, 0.25) is 0 Å². The molecule has 0 saturated heterocycles. The first kappa shape index (κ1) is 17.6. The van der Waals surface area contributed by atoms with E-state index >= 15 is 0 Å². The van der Waals surface area contributed by atoms with Gasteiger partial charge >= 0.3 is 23.9 Å². The Bertz CT molecular complexity index is 1180. The zero-order valence-corrected chi connectivity index (χ0v) is 15.0. The number of cyclic esters (lactones) is 4. The van der Waals surface area contributed by atoms with Crippen LogP contribution in [0.25, 0.3) is 0 Å². The van der Waals surface area contributed by atoms with Crippen molar-refractivity contribution in [2.75, 3.05) is 0 Å². The molecule has 2 aliphatic heterocycles. The Morgan fingerprint density at radius 1 is 0.467 bits per heavy atom. The normalized spacial score (nSPS) is 14.1. The van der Waals surface area contributed by atoms with Crippen molar-refractivity contribution in [2.45, 2.75) is 0 Å². The van der Waals surface area contributed by atoms with Gasteiger partial charge in [0.05, 0.1) is 11.1 Å². The van der Waals surface area contributed by atoms with E-state index in [4.69, 9.17) is 9.47 Å². The molecule has 0 bridgehead atoms. The molecule has 0 fully saturated rings. The van der Waals surface area contributed by atoms with Gasteiger partial charge in [0.2, 0.25) is 0 Å². The van der Waals surface area contributed by atoms with Crippen LogP contribution in [-0.2, 0) is 9.47 Å². The van der Waals surface area contributed by atoms with Gasteiger partial charge in [-0.15, -0.1) is 0 Å². The summed E-state index contributed by atoms with van der Waals surface area (Å²) in [6, 6.07) is 15.6. The fraction of sp³-hybridized carbons (Fsp3) is 0. The van der Waals surface area contributed by atoms with Gasteiger partial charge in [-0.1, -0.05) is 24.3 Å². The molecule has 0 atom stereocenters. The summed E-state index contributed by atoms with van der Waals surface area (Å²) in [4.78, 5) is 47.6. The van der Waals surface area contributed by atoms with E-state index in [0.717, 1.165) is 0 Å². The highest BCUT2D eigenvalue weighted by Gasteiger charge is 2.34. The van der Waals surface area contributed by atoms with Crippen LogP contribution in [-0.4, -0.2) is 23.9 Å². The summed E-state index contributed by atoms with van der Waals surface area (Å²) in [7, 11) is 0. The van der Waals surface area contributed by atoms with E-state index < -0.39 is 23.9 Å². The Hall–Kier alpha value is -4.46. The number of ether oxygens (including phenoxy) is 4. The predicted molar refractivity (Wildman–Crippen MR) is 99.0 cm³/mol. The number of benzene rings is 3. The molecule has 0 saturated carbocycles. The van der Waals surface area contributed by atoms with E-state index in [2.05, 4.69) is 9.47 Å². The first-order chi connectivity index (χ1) is 14.5. The van der Waals surface area contributed by atoms with Crippen molar-refractivity contribution in [1.82, 2.24) is 0 Å². The van der Waals surface area contributed by atoms with Crippen LogP contribution in [0, 0.1) is 0 Å². The average Bonchev–Trinajstić information content (AvgIpc) is 3.20. The van der Waals surface area contributed by atoms with Gasteiger partial charge in [-0.05, 0) is 36.4 Å². The maximum atomic E-state index is 12.0. The number of hydrogen-bond acceptors (Lipinski definition) is 8. The highest BCUT2D eigenvalue weighted by molar-refractivity contribution is 6.17. The summed E-state index contributed by atoms with van der Waals surface area (Å²) >= 11 is 0. The third-order valence-corrected chi connectivity index (χ3v) is 4.56. The Kier molecular flexibility index (Phi) is 3.85. The molecule has 3 aromatic rings. The Morgan fingerprint density at radius 3 is 1.30 bits per heavy atom. The topological polar surface area (TPSA) is 105 Å². The van der Waals surface area contributed by atoms with Crippen LogP contribution in [0.5, 0.6) is 23.0 Å². The summed E-state index contributed by atoms with van der Waals surface area (Å²) in [6.45, 7) is 0. The highest BCUT2D eigenvalue weighted by Crippen LogP contribution is 2.40. The smallest absolute Gasteiger partial charge is 0.350 e. The monoisotopic (exact) mass is 402 g/mol. The quantitative estimate of drug-likeness (QED) is 0.478. The molecular formula is C22H10O8. The molecule has 5 rings (SSSR count). The van der Waals surface area contributed by atoms with Crippen LogP contribution in [0.1, 0.15) is 41.4 Å². The molecule has 0 unspecified atom stereocenters. The lowest BCUT2D eigenvalue weighted by Gasteiger charge is -2.14. The Morgan fingerprint density at radius 2 is 0.867 bits per heavy atom. The molecule has 0 aliphatic carbocycles. The standard InChI is InChI=1S/C22H10O8/c23-19-11-5-3-9-15(17(11)21(25)29-19)27-13-7-1-2-8-14(13)28-16-10-4-6-12-18(16)22(26)30-20(12)24/h1-10H. The molecule has 2 aliphatic rings. The molecular weight excluding hydrogens is 392 g/mol. The lowest BCUT2D eigenvalue weighted by atomic mass is 10.1. The molecule has 0 spiro atoms. The summed E-state index contributed by atoms with van der Waals surface area (Å²) in [5.41, 5.74) is 0.259. The van der Waals surface area contributed by atoms with Crippen LogP contribution >= 0.6 is 0 Å². The number of rotatable bonds is 4. The van der Waals surface area contributed by atoms with Gasteiger partial charge in [0.1, 0.15) is 22.6 Å². The molecule has 146 valence electrons. The predicted octanol–water partition coefficient (Wildman–Crippen LogP) is 3.89.